The van der Waals surface area contributed by atoms with Crippen molar-refractivity contribution in [1.82, 2.24) is 20.1 Å². The van der Waals surface area contributed by atoms with Crippen LogP contribution < -0.4 is 5.32 Å². The van der Waals surface area contributed by atoms with Crippen LogP contribution in [0.15, 0.2) is 18.3 Å². The molecule has 7 heteroatoms. The van der Waals surface area contributed by atoms with Crippen LogP contribution in [0.3, 0.4) is 0 Å². The molecule has 0 aromatic carbocycles. The van der Waals surface area contributed by atoms with E-state index in [2.05, 4.69) is 29.0 Å². The van der Waals surface area contributed by atoms with E-state index in [0.29, 0.717) is 18.8 Å². The van der Waals surface area contributed by atoms with Gasteiger partial charge in [0.05, 0.1) is 17.8 Å². The van der Waals surface area contributed by atoms with Crippen LogP contribution in [-0.2, 0) is 11.3 Å². The molecule has 0 aliphatic heterocycles. The molecule has 0 atom stereocenters. The molecule has 146 valence electrons. The minimum absolute atomic E-state index is 0.0508. The Kier molecular flexibility index (Phi) is 10.5. The van der Waals surface area contributed by atoms with Crippen molar-refractivity contribution in [2.24, 2.45) is 0 Å². The highest BCUT2D eigenvalue weighted by Gasteiger charge is 2.13. The fraction of sp³-hybridized carbons (Fsp3) is 0.632. The molecule has 7 nitrogen and oxygen atoms in total. The highest BCUT2D eigenvalue weighted by Crippen LogP contribution is 2.02. The van der Waals surface area contributed by atoms with Gasteiger partial charge in [0, 0.05) is 32.4 Å². The largest absolute Gasteiger partial charge is 0.478 e. The molecule has 1 rings (SSSR count). The van der Waals surface area contributed by atoms with Gasteiger partial charge in [-0.25, -0.2) is 4.79 Å². The van der Waals surface area contributed by atoms with Crippen LogP contribution in [0.2, 0.25) is 0 Å². The predicted octanol–water partition coefficient (Wildman–Crippen LogP) is 1.84. The van der Waals surface area contributed by atoms with Crippen LogP contribution in [0.25, 0.3) is 0 Å². The van der Waals surface area contributed by atoms with Crippen molar-refractivity contribution in [3.8, 4) is 0 Å². The van der Waals surface area contributed by atoms with Crippen LogP contribution in [-0.4, -0.2) is 71.0 Å². The molecule has 1 aromatic rings. The first-order valence-corrected chi connectivity index (χ1v) is 9.40. The van der Waals surface area contributed by atoms with E-state index >= 15 is 0 Å². The Morgan fingerprint density at radius 3 is 2.38 bits per heavy atom. The highest BCUT2D eigenvalue weighted by atomic mass is 16.4. The van der Waals surface area contributed by atoms with E-state index in [-0.39, 0.29) is 18.0 Å². The first-order chi connectivity index (χ1) is 12.5. The predicted molar refractivity (Wildman–Crippen MR) is 102 cm³/mol. The van der Waals surface area contributed by atoms with E-state index in [0.717, 1.165) is 39.0 Å². The SMILES string of the molecule is CCCN(CCC)CCN(CC)C(=O)CNCc1cc(C(=O)O)ccn1. The number of carbonyl (C=O) groups excluding carboxylic acids is 1. The third-order valence-corrected chi connectivity index (χ3v) is 4.15. The van der Waals surface area contributed by atoms with E-state index < -0.39 is 5.97 Å². The second kappa shape index (κ2) is 12.4. The highest BCUT2D eigenvalue weighted by molar-refractivity contribution is 5.87. The molecule has 0 fully saturated rings. The number of carbonyl (C=O) groups is 2. The van der Waals surface area contributed by atoms with Gasteiger partial charge in [-0.1, -0.05) is 13.8 Å². The molecule has 2 N–H and O–H groups in total. The number of amides is 1. The maximum atomic E-state index is 12.4. The van der Waals surface area contributed by atoms with E-state index in [1.807, 2.05) is 11.8 Å². The number of nitrogens with zero attached hydrogens (tertiary/aromatic N) is 3. The number of aromatic carboxylic acids is 1. The van der Waals surface area contributed by atoms with Gasteiger partial charge in [-0.15, -0.1) is 0 Å². The molecule has 26 heavy (non-hydrogen) atoms. The first-order valence-electron chi connectivity index (χ1n) is 9.40. The number of aromatic nitrogens is 1. The summed E-state index contributed by atoms with van der Waals surface area (Å²) in [6, 6.07) is 2.97. The Hall–Kier alpha value is -1.99. The fourth-order valence-electron chi connectivity index (χ4n) is 2.81. The normalized spacial score (nSPS) is 10.9. The van der Waals surface area contributed by atoms with Gasteiger partial charge in [0.25, 0.3) is 0 Å². The van der Waals surface area contributed by atoms with Crippen molar-refractivity contribution in [3.63, 3.8) is 0 Å². The molecule has 1 aromatic heterocycles. The Morgan fingerprint density at radius 1 is 1.12 bits per heavy atom. The molecule has 0 saturated carbocycles. The zero-order chi connectivity index (χ0) is 19.4. The summed E-state index contributed by atoms with van der Waals surface area (Å²) in [5, 5.41) is 12.1. The standard InChI is InChI=1S/C19H32N4O3/c1-4-9-22(10-5-2)11-12-23(6-3)18(24)15-20-14-17-13-16(19(25)26)7-8-21-17/h7-8,13,20H,4-6,9-12,14-15H2,1-3H3,(H,25,26). The third kappa shape index (κ3) is 7.93. The van der Waals surface area contributed by atoms with Gasteiger partial charge >= 0.3 is 5.97 Å². The van der Waals surface area contributed by atoms with E-state index in [4.69, 9.17) is 5.11 Å². The minimum atomic E-state index is -0.981. The third-order valence-electron chi connectivity index (χ3n) is 4.15. The summed E-state index contributed by atoms with van der Waals surface area (Å²) in [5.41, 5.74) is 0.808. The zero-order valence-electron chi connectivity index (χ0n) is 16.2. The van der Waals surface area contributed by atoms with Crippen LogP contribution >= 0.6 is 0 Å². The molecule has 0 spiro atoms. The van der Waals surface area contributed by atoms with Crippen LogP contribution in [0.4, 0.5) is 0 Å². The molecular formula is C19H32N4O3. The summed E-state index contributed by atoms with van der Waals surface area (Å²) >= 11 is 0. The van der Waals surface area contributed by atoms with E-state index in [9.17, 15) is 9.59 Å². The second-order valence-electron chi connectivity index (χ2n) is 6.26. The lowest BCUT2D eigenvalue weighted by Crippen LogP contribution is -2.42. The Labute approximate surface area is 156 Å². The number of nitrogens with one attached hydrogen (secondary N) is 1. The van der Waals surface area contributed by atoms with E-state index in [1.54, 1.807) is 0 Å². The Balaban J connectivity index is 2.44. The molecule has 0 radical (unpaired) electrons. The Morgan fingerprint density at radius 2 is 1.81 bits per heavy atom. The molecule has 0 unspecified atom stereocenters. The molecule has 0 aliphatic rings. The summed E-state index contributed by atoms with van der Waals surface area (Å²) < 4.78 is 0. The number of carboxylic acids is 1. The Bertz CT molecular complexity index is 559. The number of hydrogen-bond acceptors (Lipinski definition) is 5. The number of carboxylic acid groups (broad SMARTS) is 1. The first kappa shape index (κ1) is 22.1. The maximum Gasteiger partial charge on any atom is 0.335 e. The number of likely N-dealkylation sites (N-methyl/N-ethyl adjacent to an activating group) is 1. The lowest BCUT2D eigenvalue weighted by molar-refractivity contribution is -0.130. The quantitative estimate of drug-likeness (QED) is 0.555. The van der Waals surface area contributed by atoms with Crippen molar-refractivity contribution >= 4 is 11.9 Å². The van der Waals surface area contributed by atoms with E-state index in [1.165, 1.54) is 18.3 Å². The molecule has 0 saturated heterocycles. The van der Waals surface area contributed by atoms with Gasteiger partial charge in [0.2, 0.25) is 5.91 Å². The topological polar surface area (TPSA) is 85.8 Å². The van der Waals surface area contributed by atoms with Crippen LogP contribution in [0, 0.1) is 0 Å². The zero-order valence-corrected chi connectivity index (χ0v) is 16.2. The lowest BCUT2D eigenvalue weighted by Gasteiger charge is -2.26. The van der Waals surface area contributed by atoms with Crippen molar-refractivity contribution in [2.45, 2.75) is 40.2 Å². The minimum Gasteiger partial charge on any atom is -0.478 e. The van der Waals surface area contributed by atoms with Crippen molar-refractivity contribution < 1.29 is 14.7 Å². The number of hydrogen-bond donors (Lipinski definition) is 2. The summed E-state index contributed by atoms with van der Waals surface area (Å²) in [4.78, 5) is 31.7. The van der Waals surface area contributed by atoms with Crippen LogP contribution in [0.5, 0.6) is 0 Å². The van der Waals surface area contributed by atoms with Crippen molar-refractivity contribution in [2.75, 3.05) is 39.3 Å². The second-order valence-corrected chi connectivity index (χ2v) is 6.26. The molecule has 0 aliphatic carbocycles. The number of pyridine rings is 1. The van der Waals surface area contributed by atoms with Gasteiger partial charge in [-0.3, -0.25) is 9.78 Å². The molecule has 1 heterocycles. The van der Waals surface area contributed by atoms with Gasteiger partial charge in [-0.05, 0) is 45.0 Å². The lowest BCUT2D eigenvalue weighted by atomic mass is 10.2. The molecular weight excluding hydrogens is 332 g/mol. The fourth-order valence-corrected chi connectivity index (χ4v) is 2.81. The average molecular weight is 364 g/mol. The van der Waals surface area contributed by atoms with Crippen LogP contribution in [0.1, 0.15) is 49.7 Å². The smallest absolute Gasteiger partial charge is 0.335 e. The van der Waals surface area contributed by atoms with Crippen molar-refractivity contribution in [1.29, 1.82) is 0 Å². The summed E-state index contributed by atoms with van der Waals surface area (Å²) in [6.45, 7) is 11.3. The summed E-state index contributed by atoms with van der Waals surface area (Å²) in [6.07, 6.45) is 3.70. The van der Waals surface area contributed by atoms with Gasteiger partial charge in [0.1, 0.15) is 0 Å². The van der Waals surface area contributed by atoms with Gasteiger partial charge < -0.3 is 20.2 Å². The van der Waals surface area contributed by atoms with Gasteiger partial charge in [0.15, 0.2) is 0 Å². The maximum absolute atomic E-state index is 12.4. The summed E-state index contributed by atoms with van der Waals surface area (Å²) in [5.74, 6) is -0.930. The van der Waals surface area contributed by atoms with Gasteiger partial charge in [-0.2, -0.15) is 0 Å². The number of rotatable bonds is 13. The molecule has 0 bridgehead atoms. The monoisotopic (exact) mass is 364 g/mol. The average Bonchev–Trinajstić information content (AvgIpc) is 2.62. The van der Waals surface area contributed by atoms with Crippen molar-refractivity contribution in [3.05, 3.63) is 29.6 Å². The molecule has 1 amide bonds. The summed E-state index contributed by atoms with van der Waals surface area (Å²) in [7, 11) is 0.